The van der Waals surface area contributed by atoms with Gasteiger partial charge < -0.3 is 15.7 Å². The van der Waals surface area contributed by atoms with Crippen LogP contribution >= 0.6 is 11.6 Å². The largest absolute Gasteiger partial charge is 0.480 e. The van der Waals surface area contributed by atoms with Crippen LogP contribution < -0.4 is 10.6 Å². The second kappa shape index (κ2) is 6.13. The van der Waals surface area contributed by atoms with Gasteiger partial charge in [0.15, 0.2) is 0 Å². The van der Waals surface area contributed by atoms with Crippen molar-refractivity contribution in [3.63, 3.8) is 0 Å². The molecule has 1 atom stereocenters. The molecule has 0 saturated carbocycles. The Labute approximate surface area is 123 Å². The van der Waals surface area contributed by atoms with E-state index in [4.69, 9.17) is 16.7 Å². The number of carboxylic acid groups (broad SMARTS) is 1. The van der Waals surface area contributed by atoms with E-state index in [1.165, 1.54) is 0 Å². The average Bonchev–Trinajstić information content (AvgIpc) is 2.29. The van der Waals surface area contributed by atoms with E-state index in [-0.39, 0.29) is 0 Å². The molecule has 0 radical (unpaired) electrons. The zero-order chi connectivity index (χ0) is 15.5. The number of carboxylic acids is 1. The molecule has 5 nitrogen and oxygen atoms in total. The number of aliphatic carboxylic acids is 1. The molecule has 0 aliphatic carbocycles. The minimum atomic E-state index is -1.07. The summed E-state index contributed by atoms with van der Waals surface area (Å²) in [6.07, 6.45) is 0. The van der Waals surface area contributed by atoms with Crippen molar-refractivity contribution in [1.29, 1.82) is 0 Å². The predicted octanol–water partition coefficient (Wildman–Crippen LogP) is 3.27. The Morgan fingerprint density at radius 2 is 1.90 bits per heavy atom. The number of anilines is 1. The van der Waals surface area contributed by atoms with Gasteiger partial charge in [0.1, 0.15) is 6.04 Å². The number of carbonyl (C=O) groups excluding carboxylic acids is 1. The van der Waals surface area contributed by atoms with Crippen LogP contribution in [0.5, 0.6) is 0 Å². The molecular weight excluding hydrogens is 280 g/mol. The molecule has 0 aromatic heterocycles. The molecule has 1 rings (SSSR count). The number of carbonyl (C=O) groups is 2. The number of amides is 2. The number of aryl methyl sites for hydroxylation is 1. The third kappa shape index (κ3) is 4.42. The Morgan fingerprint density at radius 3 is 2.40 bits per heavy atom. The van der Waals surface area contributed by atoms with E-state index in [0.29, 0.717) is 10.7 Å². The molecule has 1 unspecified atom stereocenters. The Balaban J connectivity index is 2.81. The summed E-state index contributed by atoms with van der Waals surface area (Å²) >= 11 is 5.86. The first kappa shape index (κ1) is 16.3. The number of nitrogens with one attached hydrogen (secondary N) is 2. The molecule has 3 N–H and O–H groups in total. The summed E-state index contributed by atoms with van der Waals surface area (Å²) in [6, 6.07) is 3.55. The number of hydrogen-bond donors (Lipinski definition) is 3. The van der Waals surface area contributed by atoms with Crippen molar-refractivity contribution in [3.05, 3.63) is 28.8 Å². The lowest BCUT2D eigenvalue weighted by Gasteiger charge is -2.27. The standard InChI is InChI=1S/C14H19ClN2O3/c1-8-5-6-9(15)7-10(8)16-13(20)17-11(12(18)19)14(2,3)4/h5-7,11H,1-4H3,(H,18,19)(H2,16,17,20). The highest BCUT2D eigenvalue weighted by Gasteiger charge is 2.32. The Kier molecular flexibility index (Phi) is 5.00. The maximum absolute atomic E-state index is 11.9. The van der Waals surface area contributed by atoms with Crippen molar-refractivity contribution in [2.24, 2.45) is 5.41 Å². The van der Waals surface area contributed by atoms with Crippen LogP contribution in [0.4, 0.5) is 10.5 Å². The van der Waals surface area contributed by atoms with Gasteiger partial charge in [0.2, 0.25) is 0 Å². The van der Waals surface area contributed by atoms with E-state index in [9.17, 15) is 9.59 Å². The van der Waals surface area contributed by atoms with E-state index in [1.807, 2.05) is 6.92 Å². The van der Waals surface area contributed by atoms with Crippen molar-refractivity contribution in [3.8, 4) is 0 Å². The number of halogens is 1. The monoisotopic (exact) mass is 298 g/mol. The number of hydrogen-bond acceptors (Lipinski definition) is 2. The molecule has 0 saturated heterocycles. The first-order valence-electron chi connectivity index (χ1n) is 6.17. The van der Waals surface area contributed by atoms with E-state index >= 15 is 0 Å². The van der Waals surface area contributed by atoms with Crippen LogP contribution in [-0.4, -0.2) is 23.1 Å². The number of urea groups is 1. The fraction of sp³-hybridized carbons (Fsp3) is 0.429. The molecule has 1 aromatic carbocycles. The molecule has 2 amide bonds. The van der Waals surface area contributed by atoms with Gasteiger partial charge >= 0.3 is 12.0 Å². The molecule has 0 aliphatic heterocycles. The van der Waals surface area contributed by atoms with Crippen LogP contribution in [0, 0.1) is 12.3 Å². The van der Waals surface area contributed by atoms with Gasteiger partial charge in [-0.2, -0.15) is 0 Å². The van der Waals surface area contributed by atoms with Gasteiger partial charge in [-0.25, -0.2) is 9.59 Å². The smallest absolute Gasteiger partial charge is 0.326 e. The third-order valence-corrected chi connectivity index (χ3v) is 3.07. The zero-order valence-electron chi connectivity index (χ0n) is 12.0. The SMILES string of the molecule is Cc1ccc(Cl)cc1NC(=O)NC(C(=O)O)C(C)(C)C. The molecule has 0 spiro atoms. The van der Waals surface area contributed by atoms with Gasteiger partial charge in [-0.1, -0.05) is 38.4 Å². The second-order valence-corrected chi connectivity index (χ2v) is 6.13. The van der Waals surface area contributed by atoms with E-state index in [0.717, 1.165) is 5.56 Å². The first-order chi connectivity index (χ1) is 9.11. The molecular formula is C14H19ClN2O3. The Morgan fingerprint density at radius 1 is 1.30 bits per heavy atom. The lowest BCUT2D eigenvalue weighted by atomic mass is 9.87. The van der Waals surface area contributed by atoms with Gasteiger partial charge in [-0.05, 0) is 30.0 Å². The van der Waals surface area contributed by atoms with Crippen molar-refractivity contribution in [2.45, 2.75) is 33.7 Å². The van der Waals surface area contributed by atoms with Crippen LogP contribution in [0.25, 0.3) is 0 Å². The van der Waals surface area contributed by atoms with Crippen LogP contribution in [0.2, 0.25) is 5.02 Å². The van der Waals surface area contributed by atoms with Crippen molar-refractivity contribution in [1.82, 2.24) is 5.32 Å². The van der Waals surface area contributed by atoms with Gasteiger partial charge in [0, 0.05) is 10.7 Å². The summed E-state index contributed by atoms with van der Waals surface area (Å²) in [5, 5.41) is 14.7. The van der Waals surface area contributed by atoms with E-state index in [1.54, 1.807) is 39.0 Å². The summed E-state index contributed by atoms with van der Waals surface area (Å²) in [5.74, 6) is -1.07. The lowest BCUT2D eigenvalue weighted by molar-refractivity contribution is -0.141. The third-order valence-electron chi connectivity index (χ3n) is 2.84. The first-order valence-corrected chi connectivity index (χ1v) is 6.55. The Hall–Kier alpha value is -1.75. The van der Waals surface area contributed by atoms with Gasteiger partial charge in [0.05, 0.1) is 0 Å². The topological polar surface area (TPSA) is 78.4 Å². The fourth-order valence-corrected chi connectivity index (χ4v) is 1.84. The molecule has 0 heterocycles. The molecule has 20 heavy (non-hydrogen) atoms. The summed E-state index contributed by atoms with van der Waals surface area (Å²) < 4.78 is 0. The summed E-state index contributed by atoms with van der Waals surface area (Å²) in [7, 11) is 0. The quantitative estimate of drug-likeness (QED) is 0.801. The highest BCUT2D eigenvalue weighted by molar-refractivity contribution is 6.31. The number of rotatable bonds is 3. The predicted molar refractivity (Wildman–Crippen MR) is 79.2 cm³/mol. The molecule has 6 heteroatoms. The zero-order valence-corrected chi connectivity index (χ0v) is 12.7. The van der Waals surface area contributed by atoms with Gasteiger partial charge in [-0.3, -0.25) is 0 Å². The van der Waals surface area contributed by atoms with Gasteiger partial charge in [0.25, 0.3) is 0 Å². The Bertz CT molecular complexity index is 524. The maximum atomic E-state index is 11.9. The van der Waals surface area contributed by atoms with Crippen LogP contribution in [0.3, 0.4) is 0 Å². The minimum Gasteiger partial charge on any atom is -0.480 e. The number of benzene rings is 1. The van der Waals surface area contributed by atoms with Crippen molar-refractivity contribution in [2.75, 3.05) is 5.32 Å². The van der Waals surface area contributed by atoms with Crippen LogP contribution in [-0.2, 0) is 4.79 Å². The highest BCUT2D eigenvalue weighted by Crippen LogP contribution is 2.22. The van der Waals surface area contributed by atoms with E-state index < -0.39 is 23.5 Å². The molecule has 1 aromatic rings. The molecule has 0 fully saturated rings. The second-order valence-electron chi connectivity index (χ2n) is 5.69. The molecule has 0 bridgehead atoms. The van der Waals surface area contributed by atoms with Gasteiger partial charge in [-0.15, -0.1) is 0 Å². The normalized spacial score (nSPS) is 12.7. The molecule has 0 aliphatic rings. The summed E-state index contributed by atoms with van der Waals surface area (Å²) in [6.45, 7) is 7.06. The summed E-state index contributed by atoms with van der Waals surface area (Å²) in [5.41, 5.74) is 0.798. The van der Waals surface area contributed by atoms with Crippen LogP contribution in [0.15, 0.2) is 18.2 Å². The molecule has 110 valence electrons. The summed E-state index contributed by atoms with van der Waals surface area (Å²) in [4.78, 5) is 23.1. The van der Waals surface area contributed by atoms with Crippen molar-refractivity contribution < 1.29 is 14.7 Å². The van der Waals surface area contributed by atoms with E-state index in [2.05, 4.69) is 10.6 Å². The van der Waals surface area contributed by atoms with Crippen LogP contribution in [0.1, 0.15) is 26.3 Å². The minimum absolute atomic E-state index is 0.497. The fourth-order valence-electron chi connectivity index (χ4n) is 1.67. The lowest BCUT2D eigenvalue weighted by Crippen LogP contribution is -2.50. The maximum Gasteiger partial charge on any atom is 0.326 e. The van der Waals surface area contributed by atoms with Crippen molar-refractivity contribution >= 4 is 29.3 Å². The highest BCUT2D eigenvalue weighted by atomic mass is 35.5. The average molecular weight is 299 g/mol.